The molecule has 0 bridgehead atoms. The summed E-state index contributed by atoms with van der Waals surface area (Å²) in [6, 6.07) is 3.19. The smallest absolute Gasteiger partial charge is 0.168 e. The van der Waals surface area contributed by atoms with Crippen molar-refractivity contribution in [2.45, 2.75) is 56.9 Å². The topological polar surface area (TPSA) is 49.7 Å². The minimum atomic E-state index is -1.20. The highest BCUT2D eigenvalue weighted by molar-refractivity contribution is 5.42. The van der Waals surface area contributed by atoms with Crippen molar-refractivity contribution in [1.29, 1.82) is 0 Å². The van der Waals surface area contributed by atoms with Crippen LogP contribution in [0.2, 0.25) is 0 Å². The van der Waals surface area contributed by atoms with Gasteiger partial charge in [-0.1, -0.05) is 13.0 Å². The minimum absolute atomic E-state index is 0.00979. The quantitative estimate of drug-likeness (QED) is 0.826. The summed E-state index contributed by atoms with van der Waals surface area (Å²) in [6.07, 6.45) is -0.138. The van der Waals surface area contributed by atoms with E-state index < -0.39 is 23.5 Å². The van der Waals surface area contributed by atoms with Crippen molar-refractivity contribution < 1.29 is 23.7 Å². The number of aliphatic hydroxyl groups excluding tert-OH is 1. The first-order valence-corrected chi connectivity index (χ1v) is 8.73. The van der Waals surface area contributed by atoms with Gasteiger partial charge in [-0.25, -0.2) is 8.78 Å². The molecule has 0 aliphatic heterocycles. The number of aromatic hydroxyl groups is 1. The molecular weight excluding hydrogens is 313 g/mol. The summed E-state index contributed by atoms with van der Waals surface area (Å²) in [5.41, 5.74) is 0.957. The number of aliphatic hydroxyl groups is 1. The fourth-order valence-electron chi connectivity index (χ4n) is 5.84. The van der Waals surface area contributed by atoms with Crippen molar-refractivity contribution in [2.24, 2.45) is 17.3 Å². The molecule has 0 aromatic heterocycles. The fraction of sp³-hybridized carbons (Fsp3) is 0.684. The molecule has 4 rings (SSSR count). The Hall–Kier alpha value is -1.20. The van der Waals surface area contributed by atoms with Crippen LogP contribution in [0.1, 0.15) is 43.2 Å². The third kappa shape index (κ3) is 2.00. The molecule has 0 radical (unpaired) electrons. The van der Waals surface area contributed by atoms with Crippen molar-refractivity contribution in [1.82, 2.24) is 0 Å². The maximum atomic E-state index is 14.3. The number of ether oxygens (including phenoxy) is 1. The summed E-state index contributed by atoms with van der Waals surface area (Å²) in [6.45, 7) is 1.97. The lowest BCUT2D eigenvalue weighted by molar-refractivity contribution is -0.0979. The Labute approximate surface area is 140 Å². The molecule has 0 saturated heterocycles. The molecule has 3 nitrogen and oxygen atoms in total. The van der Waals surface area contributed by atoms with Crippen LogP contribution in [0.3, 0.4) is 0 Å². The van der Waals surface area contributed by atoms with Gasteiger partial charge < -0.3 is 14.9 Å². The molecule has 3 aliphatic carbocycles. The summed E-state index contributed by atoms with van der Waals surface area (Å²) < 4.78 is 34.4. The summed E-state index contributed by atoms with van der Waals surface area (Å²) in [5.74, 6) is -0.625. The number of methoxy groups -OCH3 is 1. The number of halogens is 2. The van der Waals surface area contributed by atoms with Gasteiger partial charge in [0.1, 0.15) is 6.17 Å². The molecule has 1 aromatic carbocycles. The number of hydrogen-bond acceptors (Lipinski definition) is 3. The molecule has 0 spiro atoms. The van der Waals surface area contributed by atoms with Crippen molar-refractivity contribution >= 4 is 0 Å². The number of rotatable bonds is 1. The van der Waals surface area contributed by atoms with Crippen LogP contribution >= 0.6 is 0 Å². The largest absolute Gasteiger partial charge is 0.505 e. The van der Waals surface area contributed by atoms with Gasteiger partial charge >= 0.3 is 0 Å². The molecule has 3 aliphatic rings. The predicted octanol–water partition coefficient (Wildman–Crippen LogP) is 3.32. The molecule has 1 aromatic rings. The second kappa shape index (κ2) is 5.40. The second-order valence-corrected chi connectivity index (χ2v) is 7.98. The molecule has 24 heavy (non-hydrogen) atoms. The molecule has 0 unspecified atom stereocenters. The Balaban J connectivity index is 1.80. The Morgan fingerprint density at radius 3 is 2.79 bits per heavy atom. The molecule has 7 atom stereocenters. The molecule has 2 N–H and O–H groups in total. The van der Waals surface area contributed by atoms with E-state index in [-0.39, 0.29) is 29.6 Å². The summed E-state index contributed by atoms with van der Waals surface area (Å²) in [7, 11) is 1.63. The van der Waals surface area contributed by atoms with E-state index in [1.807, 2.05) is 6.92 Å². The summed E-state index contributed by atoms with van der Waals surface area (Å²) >= 11 is 0. The van der Waals surface area contributed by atoms with Crippen molar-refractivity contribution in [3.05, 3.63) is 29.1 Å². The first-order valence-electron chi connectivity index (χ1n) is 8.73. The van der Waals surface area contributed by atoms with E-state index in [9.17, 15) is 19.0 Å². The number of hydrogen-bond donors (Lipinski definition) is 2. The van der Waals surface area contributed by atoms with Crippen LogP contribution in [0.25, 0.3) is 0 Å². The van der Waals surface area contributed by atoms with Crippen LogP contribution in [0.5, 0.6) is 5.75 Å². The first kappa shape index (κ1) is 16.3. The zero-order valence-corrected chi connectivity index (χ0v) is 14.0. The lowest BCUT2D eigenvalue weighted by Gasteiger charge is -2.52. The third-order valence-corrected chi connectivity index (χ3v) is 7.01. The standard InChI is InChI=1S/C19H24F2O3/c1-19-8-15(24-2)16-9-5-6-14(22)17(21)10(9)3-4-11(16)12(19)7-13(20)18(19)23/h5-6,11-13,15-16,18,22-23H,3-4,7-8H2,1-2H3/t11-,12-,13+,15-,16+,18-,19-/m0/s1/i20-1. The van der Waals surface area contributed by atoms with Crippen LogP contribution in [-0.2, 0) is 11.2 Å². The number of alkyl halides is 1. The predicted molar refractivity (Wildman–Crippen MR) is 85.1 cm³/mol. The summed E-state index contributed by atoms with van der Waals surface area (Å²) in [4.78, 5) is 0. The number of phenolic OH excluding ortho intramolecular Hbond substituents is 1. The van der Waals surface area contributed by atoms with Crippen molar-refractivity contribution in [2.75, 3.05) is 7.11 Å². The second-order valence-electron chi connectivity index (χ2n) is 7.98. The lowest BCUT2D eigenvalue weighted by atomic mass is 9.54. The van der Waals surface area contributed by atoms with E-state index in [0.717, 1.165) is 12.0 Å². The highest BCUT2D eigenvalue weighted by atomic mass is 19.1. The van der Waals surface area contributed by atoms with Gasteiger partial charge in [-0.15, -0.1) is 0 Å². The van der Waals surface area contributed by atoms with Gasteiger partial charge in [0.05, 0.1) is 12.2 Å². The average Bonchev–Trinajstić information content (AvgIpc) is 2.80. The Morgan fingerprint density at radius 2 is 2.08 bits per heavy atom. The Bertz CT molecular complexity index is 664. The van der Waals surface area contributed by atoms with E-state index in [2.05, 4.69) is 0 Å². The Morgan fingerprint density at radius 1 is 1.33 bits per heavy atom. The van der Waals surface area contributed by atoms with Gasteiger partial charge in [0.2, 0.25) is 0 Å². The third-order valence-electron chi connectivity index (χ3n) is 7.01. The Kier molecular flexibility index (Phi) is 3.66. The number of benzene rings is 1. The molecular formula is C19H24F2O3. The highest BCUT2D eigenvalue weighted by Gasteiger charge is 2.61. The van der Waals surface area contributed by atoms with Crippen LogP contribution in [0.15, 0.2) is 12.1 Å². The van der Waals surface area contributed by atoms with Crippen LogP contribution in [0.4, 0.5) is 8.78 Å². The van der Waals surface area contributed by atoms with Gasteiger partial charge in [0.25, 0.3) is 0 Å². The maximum absolute atomic E-state index is 14.3. The van der Waals surface area contributed by atoms with E-state index in [4.69, 9.17) is 4.74 Å². The van der Waals surface area contributed by atoms with E-state index in [1.54, 1.807) is 13.2 Å². The maximum Gasteiger partial charge on any atom is 0.168 e. The summed E-state index contributed by atoms with van der Waals surface area (Å²) in [5, 5.41) is 20.1. The van der Waals surface area contributed by atoms with Crippen molar-refractivity contribution in [3.8, 4) is 5.75 Å². The van der Waals surface area contributed by atoms with Crippen LogP contribution in [0, 0.1) is 23.1 Å². The van der Waals surface area contributed by atoms with Gasteiger partial charge in [-0.2, -0.15) is 0 Å². The van der Waals surface area contributed by atoms with Crippen LogP contribution < -0.4 is 0 Å². The normalized spacial score (nSPS) is 43.9. The molecule has 0 amide bonds. The monoisotopic (exact) mass is 337 g/mol. The highest BCUT2D eigenvalue weighted by Crippen LogP contribution is 2.62. The molecule has 5 heteroatoms. The van der Waals surface area contributed by atoms with E-state index in [1.165, 1.54) is 6.07 Å². The zero-order chi connectivity index (χ0) is 17.2. The minimum Gasteiger partial charge on any atom is -0.505 e. The van der Waals surface area contributed by atoms with Gasteiger partial charge in [-0.05, 0) is 54.7 Å². The molecule has 132 valence electrons. The molecule has 2 saturated carbocycles. The van der Waals surface area contributed by atoms with E-state index in [0.29, 0.717) is 24.8 Å². The van der Waals surface area contributed by atoms with E-state index >= 15 is 0 Å². The fourth-order valence-corrected chi connectivity index (χ4v) is 5.84. The zero-order valence-electron chi connectivity index (χ0n) is 14.0. The number of phenols is 1. The van der Waals surface area contributed by atoms with Gasteiger partial charge in [0, 0.05) is 18.4 Å². The molecule has 2 fully saturated rings. The SMILES string of the molecule is CO[C@H]1C[C@]2(C)[C@@H](O)[C@H]([18F])C[C@H]2[C@@H]2CCc3c(ccc(O)c3F)[C@H]21. The molecule has 0 heterocycles. The van der Waals surface area contributed by atoms with Crippen molar-refractivity contribution in [3.63, 3.8) is 0 Å². The number of fused-ring (bicyclic) bond motifs is 5. The lowest BCUT2D eigenvalue weighted by Crippen LogP contribution is -2.51. The van der Waals surface area contributed by atoms with Gasteiger partial charge in [0.15, 0.2) is 11.6 Å². The average molecular weight is 337 g/mol. The van der Waals surface area contributed by atoms with Gasteiger partial charge in [-0.3, -0.25) is 0 Å². The van der Waals surface area contributed by atoms with Crippen LogP contribution in [-0.4, -0.2) is 35.7 Å². The first-order chi connectivity index (χ1) is 11.4.